The number of rotatable bonds is 4. The van der Waals surface area contributed by atoms with Crippen LogP contribution in [0.2, 0.25) is 0 Å². The highest BCUT2D eigenvalue weighted by atomic mass is 32.2. The van der Waals surface area contributed by atoms with Crippen LogP contribution in [0, 0.1) is 36.5 Å². The average molecular weight is 417 g/mol. The van der Waals surface area contributed by atoms with Crippen molar-refractivity contribution in [3.8, 4) is 12.1 Å². The van der Waals surface area contributed by atoms with Gasteiger partial charge in [-0.15, -0.1) is 0 Å². The van der Waals surface area contributed by atoms with Gasteiger partial charge in [-0.05, 0) is 49.8 Å². The SMILES string of the molecule is Cc1ccc(N2C(=O)C[C@H](Sc3nc(N)c(C#N)c(C4CC4)c3C#N)C2=O)c(C)c1. The number of anilines is 2. The first-order valence-corrected chi connectivity index (χ1v) is 10.5. The van der Waals surface area contributed by atoms with E-state index in [0.717, 1.165) is 35.7 Å². The summed E-state index contributed by atoms with van der Waals surface area (Å²) in [6, 6.07) is 9.77. The zero-order valence-electron chi connectivity index (χ0n) is 16.6. The number of carbonyl (C=O) groups excluding carboxylic acids is 2. The lowest BCUT2D eigenvalue weighted by atomic mass is 10.0. The molecule has 30 heavy (non-hydrogen) atoms. The standard InChI is InChI=1S/C22H19N5O2S/c1-11-3-6-16(12(2)7-11)27-18(28)8-17(22(27)29)30-21-15(10-24)19(13-4-5-13)14(9-23)20(25)26-21/h3,6-7,13,17H,4-5,8H2,1-2H3,(H2,25,26)/t17-/m0/s1. The molecule has 2 amide bonds. The van der Waals surface area contributed by atoms with Gasteiger partial charge in [0.15, 0.2) is 0 Å². The van der Waals surface area contributed by atoms with Gasteiger partial charge in [0.05, 0.1) is 22.1 Å². The number of nitrogens with zero attached hydrogens (tertiary/aromatic N) is 4. The minimum Gasteiger partial charge on any atom is -0.383 e. The second kappa shape index (κ2) is 7.47. The normalized spacial score (nSPS) is 18.4. The predicted octanol–water partition coefficient (Wildman–Crippen LogP) is 3.33. The molecule has 1 saturated heterocycles. The third-order valence-electron chi connectivity index (χ3n) is 5.39. The van der Waals surface area contributed by atoms with Crippen LogP contribution in [0.25, 0.3) is 0 Å². The first-order valence-electron chi connectivity index (χ1n) is 9.60. The van der Waals surface area contributed by atoms with Crippen LogP contribution < -0.4 is 10.6 Å². The molecule has 2 heterocycles. The molecule has 1 aromatic heterocycles. The monoisotopic (exact) mass is 417 g/mol. The number of carbonyl (C=O) groups is 2. The summed E-state index contributed by atoms with van der Waals surface area (Å²) < 4.78 is 0. The summed E-state index contributed by atoms with van der Waals surface area (Å²) in [6.07, 6.45) is 1.79. The second-order valence-electron chi connectivity index (χ2n) is 7.63. The van der Waals surface area contributed by atoms with Crippen molar-refractivity contribution < 1.29 is 9.59 Å². The fraction of sp³-hybridized carbons (Fsp3) is 0.318. The van der Waals surface area contributed by atoms with Gasteiger partial charge in [0.2, 0.25) is 11.8 Å². The fourth-order valence-electron chi connectivity index (χ4n) is 3.83. The van der Waals surface area contributed by atoms with Crippen LogP contribution in [0.1, 0.15) is 53.0 Å². The summed E-state index contributed by atoms with van der Waals surface area (Å²) in [5, 5.41) is 18.8. The molecule has 0 bridgehead atoms. The van der Waals surface area contributed by atoms with Crippen molar-refractivity contribution in [1.29, 1.82) is 10.5 Å². The van der Waals surface area contributed by atoms with Crippen molar-refractivity contribution in [3.63, 3.8) is 0 Å². The van der Waals surface area contributed by atoms with E-state index in [1.807, 2.05) is 26.0 Å². The van der Waals surface area contributed by atoms with Gasteiger partial charge in [0, 0.05) is 6.42 Å². The lowest BCUT2D eigenvalue weighted by Crippen LogP contribution is -2.31. The molecule has 0 spiro atoms. The number of nitriles is 2. The quantitative estimate of drug-likeness (QED) is 0.757. The van der Waals surface area contributed by atoms with E-state index in [-0.39, 0.29) is 35.5 Å². The van der Waals surface area contributed by atoms with Gasteiger partial charge >= 0.3 is 0 Å². The lowest BCUT2D eigenvalue weighted by molar-refractivity contribution is -0.121. The van der Waals surface area contributed by atoms with E-state index in [0.29, 0.717) is 21.8 Å². The van der Waals surface area contributed by atoms with Crippen molar-refractivity contribution in [2.24, 2.45) is 0 Å². The van der Waals surface area contributed by atoms with Crippen LogP contribution in [0.15, 0.2) is 23.2 Å². The number of amides is 2. The molecule has 1 atom stereocenters. The van der Waals surface area contributed by atoms with E-state index in [1.165, 1.54) is 4.90 Å². The highest BCUT2D eigenvalue weighted by molar-refractivity contribution is 8.00. The molecule has 1 aromatic carbocycles. The number of aromatic nitrogens is 1. The smallest absolute Gasteiger partial charge is 0.247 e. The summed E-state index contributed by atoms with van der Waals surface area (Å²) in [6.45, 7) is 3.81. The Morgan fingerprint density at radius 2 is 1.87 bits per heavy atom. The molecule has 1 aliphatic heterocycles. The van der Waals surface area contributed by atoms with Crippen LogP contribution in [-0.4, -0.2) is 22.0 Å². The Hall–Kier alpha value is -3.36. The summed E-state index contributed by atoms with van der Waals surface area (Å²) in [7, 11) is 0. The number of benzene rings is 1. The number of hydrogen-bond donors (Lipinski definition) is 1. The Morgan fingerprint density at radius 1 is 1.17 bits per heavy atom. The maximum Gasteiger partial charge on any atom is 0.247 e. The number of thioether (sulfide) groups is 1. The van der Waals surface area contributed by atoms with E-state index < -0.39 is 5.25 Å². The number of imide groups is 1. The Labute approximate surface area is 178 Å². The van der Waals surface area contributed by atoms with Gasteiger partial charge < -0.3 is 5.73 Å². The molecular weight excluding hydrogens is 398 g/mol. The van der Waals surface area contributed by atoms with Crippen molar-refractivity contribution in [2.45, 2.75) is 49.3 Å². The third kappa shape index (κ3) is 3.30. The first kappa shape index (κ1) is 19.9. The van der Waals surface area contributed by atoms with Gasteiger partial charge in [-0.25, -0.2) is 9.88 Å². The summed E-state index contributed by atoms with van der Waals surface area (Å²) in [5.74, 6) is -0.444. The van der Waals surface area contributed by atoms with Crippen molar-refractivity contribution in [1.82, 2.24) is 4.98 Å². The fourth-order valence-corrected chi connectivity index (χ4v) is 4.96. The summed E-state index contributed by atoms with van der Waals surface area (Å²) in [4.78, 5) is 31.2. The Morgan fingerprint density at radius 3 is 2.47 bits per heavy atom. The van der Waals surface area contributed by atoms with Crippen LogP contribution >= 0.6 is 11.8 Å². The predicted molar refractivity (Wildman–Crippen MR) is 113 cm³/mol. The molecule has 0 radical (unpaired) electrons. The first-order chi connectivity index (χ1) is 14.3. The van der Waals surface area contributed by atoms with E-state index >= 15 is 0 Å². The van der Waals surface area contributed by atoms with Crippen LogP contribution in [0.5, 0.6) is 0 Å². The van der Waals surface area contributed by atoms with Crippen molar-refractivity contribution in [3.05, 3.63) is 46.0 Å². The molecule has 2 aromatic rings. The summed E-state index contributed by atoms with van der Waals surface area (Å²) in [5.41, 5.74) is 9.61. The van der Waals surface area contributed by atoms with Gasteiger partial charge in [-0.1, -0.05) is 29.5 Å². The highest BCUT2D eigenvalue weighted by Crippen LogP contribution is 2.47. The van der Waals surface area contributed by atoms with Crippen molar-refractivity contribution >= 4 is 35.1 Å². The van der Waals surface area contributed by atoms with Gasteiger partial charge in [-0.3, -0.25) is 9.59 Å². The van der Waals surface area contributed by atoms with Gasteiger partial charge in [-0.2, -0.15) is 10.5 Å². The topological polar surface area (TPSA) is 124 Å². The molecular formula is C22H19N5O2S. The number of hydrogen-bond acceptors (Lipinski definition) is 7. The van der Waals surface area contributed by atoms with E-state index in [9.17, 15) is 20.1 Å². The van der Waals surface area contributed by atoms with Gasteiger partial charge in [0.25, 0.3) is 0 Å². The highest BCUT2D eigenvalue weighted by Gasteiger charge is 2.42. The molecule has 8 heteroatoms. The minimum absolute atomic E-state index is 0.0159. The molecule has 4 rings (SSSR count). The lowest BCUT2D eigenvalue weighted by Gasteiger charge is -2.18. The molecule has 7 nitrogen and oxygen atoms in total. The van der Waals surface area contributed by atoms with E-state index in [2.05, 4.69) is 17.1 Å². The third-order valence-corrected chi connectivity index (χ3v) is 6.56. The van der Waals surface area contributed by atoms with Gasteiger partial charge in [0.1, 0.15) is 23.0 Å². The van der Waals surface area contributed by atoms with E-state index in [4.69, 9.17) is 5.73 Å². The number of nitrogen functional groups attached to an aromatic ring is 1. The van der Waals surface area contributed by atoms with Crippen LogP contribution in [0.4, 0.5) is 11.5 Å². The molecule has 1 aliphatic carbocycles. The molecule has 1 saturated carbocycles. The molecule has 2 fully saturated rings. The number of pyridine rings is 1. The zero-order valence-corrected chi connectivity index (χ0v) is 17.4. The van der Waals surface area contributed by atoms with Crippen molar-refractivity contribution in [2.75, 3.05) is 10.6 Å². The number of nitrogens with two attached hydrogens (primary N) is 1. The maximum atomic E-state index is 13.1. The zero-order chi connectivity index (χ0) is 21.6. The summed E-state index contributed by atoms with van der Waals surface area (Å²) >= 11 is 1.08. The average Bonchev–Trinajstić information content (AvgIpc) is 3.49. The Balaban J connectivity index is 1.69. The molecule has 0 unspecified atom stereocenters. The van der Waals surface area contributed by atoms with Crippen LogP contribution in [-0.2, 0) is 9.59 Å². The number of aryl methyl sites for hydroxylation is 2. The maximum absolute atomic E-state index is 13.1. The van der Waals surface area contributed by atoms with Crippen LogP contribution in [0.3, 0.4) is 0 Å². The minimum atomic E-state index is -0.697. The molecule has 2 aliphatic rings. The molecule has 2 N–H and O–H groups in total. The Bertz CT molecular complexity index is 1170. The molecule has 150 valence electrons. The van der Waals surface area contributed by atoms with E-state index in [1.54, 1.807) is 6.07 Å². The second-order valence-corrected chi connectivity index (χ2v) is 8.82. The Kier molecular flexibility index (Phi) is 4.97. The largest absolute Gasteiger partial charge is 0.383 e.